The van der Waals surface area contributed by atoms with Crippen LogP contribution >= 0.6 is 11.3 Å². The molecule has 5 fully saturated rings. The molecule has 0 aromatic carbocycles. The van der Waals surface area contributed by atoms with E-state index in [9.17, 15) is 14.9 Å². The molecule has 61 heavy (non-hydrogen) atoms. The van der Waals surface area contributed by atoms with Crippen LogP contribution in [0.4, 0.5) is 16.6 Å². The summed E-state index contributed by atoms with van der Waals surface area (Å²) in [5.41, 5.74) is 6.25. The number of carbonyl (C=O) groups excluding carboxylic acids is 2. The first-order valence-electron chi connectivity index (χ1n) is 22.0. The average molecular weight is 841 g/mol. The maximum Gasteiger partial charge on any atom is 0.234 e. The van der Waals surface area contributed by atoms with Crippen molar-refractivity contribution in [1.29, 1.82) is 5.26 Å². The van der Waals surface area contributed by atoms with E-state index < -0.39 is 0 Å². The van der Waals surface area contributed by atoms with Gasteiger partial charge in [0.2, 0.25) is 16.9 Å². The lowest BCUT2D eigenvalue weighted by atomic mass is 9.71. The lowest BCUT2D eigenvalue weighted by molar-refractivity contribution is -0.134. The Balaban J connectivity index is 0.726. The molecule has 10 rings (SSSR count). The van der Waals surface area contributed by atoms with Gasteiger partial charge in [0, 0.05) is 76.5 Å². The minimum Gasteiger partial charge on any atom is -0.381 e. The molecule has 5 aromatic heterocycles. The van der Waals surface area contributed by atoms with E-state index in [2.05, 4.69) is 42.6 Å². The molecule has 16 heteroatoms. The number of rotatable bonds is 9. The van der Waals surface area contributed by atoms with Gasteiger partial charge in [-0.1, -0.05) is 17.4 Å². The standard InChI is InChI=1S/C45H52N12O3S/c46-25-31-23-34-2-4-39(57(34)49-26-31)38-24-37(50-33-9-21-60-22-10-33)36(28-47-38)43-52-53-44(61-43)56-19-13-45(14-20-56)11-17-54(18-12-45)29-30-7-15-55(16-8-30)40-5-1-32(27-48-40)35-3-6-41(58)51-42(35)59/h1-2,4-5,23-24,26-28,30,33,35H,3,6-22,29H2,(H,47,50)(H,51,58,59)/t35-/m1/s1. The Hall–Kier alpha value is -5.50. The number of nitriles is 1. The molecule has 2 N–H and O–H groups in total. The molecule has 15 nitrogen and oxygen atoms in total. The third-order valence-electron chi connectivity index (χ3n) is 13.9. The number of ether oxygens (including phenoxy) is 1. The number of piperidine rings is 4. The van der Waals surface area contributed by atoms with E-state index in [0.29, 0.717) is 29.7 Å². The number of nitrogens with zero attached hydrogens (tertiary/aromatic N) is 10. The molecule has 0 radical (unpaired) electrons. The monoisotopic (exact) mass is 840 g/mol. The molecule has 316 valence electrons. The zero-order valence-corrected chi connectivity index (χ0v) is 35.3. The number of imide groups is 1. The number of pyridine rings is 2. The second-order valence-electron chi connectivity index (χ2n) is 17.6. The summed E-state index contributed by atoms with van der Waals surface area (Å²) in [5.74, 6) is 0.975. The molecule has 0 saturated carbocycles. The number of amides is 2. The molecular formula is C45H52N12O3S. The number of hydrogen-bond acceptors (Lipinski definition) is 14. The lowest BCUT2D eigenvalue weighted by Crippen LogP contribution is -2.48. The molecule has 0 aliphatic carbocycles. The maximum absolute atomic E-state index is 12.3. The second kappa shape index (κ2) is 17.1. The van der Waals surface area contributed by atoms with Crippen LogP contribution in [0.3, 0.4) is 0 Å². The van der Waals surface area contributed by atoms with Gasteiger partial charge in [0.1, 0.15) is 11.9 Å². The van der Waals surface area contributed by atoms with Gasteiger partial charge in [0.25, 0.3) is 0 Å². The molecule has 1 atom stereocenters. The van der Waals surface area contributed by atoms with Crippen LogP contribution in [-0.4, -0.2) is 112 Å². The number of likely N-dealkylation sites (tertiary alicyclic amines) is 1. The Bertz CT molecular complexity index is 2410. The zero-order chi connectivity index (χ0) is 41.3. The molecule has 10 heterocycles. The summed E-state index contributed by atoms with van der Waals surface area (Å²) in [5, 5.41) is 31.4. The largest absolute Gasteiger partial charge is 0.381 e. The van der Waals surface area contributed by atoms with E-state index >= 15 is 0 Å². The third-order valence-corrected chi connectivity index (χ3v) is 14.9. The highest BCUT2D eigenvalue weighted by Gasteiger charge is 2.39. The first-order chi connectivity index (χ1) is 29.9. The molecule has 5 aliphatic rings. The summed E-state index contributed by atoms with van der Waals surface area (Å²) in [6, 6.07) is 14.4. The van der Waals surface area contributed by atoms with Crippen molar-refractivity contribution in [1.82, 2.24) is 40.0 Å². The molecular weight excluding hydrogens is 789 g/mol. The Morgan fingerprint density at radius 1 is 0.869 bits per heavy atom. The summed E-state index contributed by atoms with van der Waals surface area (Å²) in [6.45, 7) is 9.01. The highest BCUT2D eigenvalue weighted by atomic mass is 32.1. The summed E-state index contributed by atoms with van der Waals surface area (Å²) in [4.78, 5) is 41.0. The van der Waals surface area contributed by atoms with Crippen LogP contribution < -0.4 is 20.4 Å². The first kappa shape index (κ1) is 39.6. The SMILES string of the molecule is N#Cc1cnn2c(-c3cc(NC4CCOCC4)c(-c4nnc(N5CCC6(CCN(CC7CCN(c8ccc([C@H]9CCC(=O)NC9=O)cn8)CC7)CC6)CC5)s4)cn3)ccc2c1. The normalized spacial score (nSPS) is 21.8. The van der Waals surface area contributed by atoms with Gasteiger partial charge < -0.3 is 24.8 Å². The average Bonchev–Trinajstić information content (AvgIpc) is 3.96. The molecule has 0 unspecified atom stereocenters. The van der Waals surface area contributed by atoms with Crippen molar-refractivity contribution in [2.75, 3.05) is 74.1 Å². The minimum atomic E-state index is -0.295. The number of aromatic nitrogens is 6. The van der Waals surface area contributed by atoms with Gasteiger partial charge in [-0.15, -0.1) is 10.2 Å². The van der Waals surface area contributed by atoms with E-state index in [1.807, 2.05) is 47.2 Å². The van der Waals surface area contributed by atoms with Crippen LogP contribution in [0.15, 0.2) is 55.0 Å². The Morgan fingerprint density at radius 3 is 2.43 bits per heavy atom. The van der Waals surface area contributed by atoms with E-state index in [1.54, 1.807) is 17.5 Å². The minimum absolute atomic E-state index is 0.189. The highest BCUT2D eigenvalue weighted by molar-refractivity contribution is 7.18. The van der Waals surface area contributed by atoms with Gasteiger partial charge >= 0.3 is 0 Å². The summed E-state index contributed by atoms with van der Waals surface area (Å²) < 4.78 is 7.48. The topological polar surface area (TPSA) is 170 Å². The predicted octanol–water partition coefficient (Wildman–Crippen LogP) is 5.89. The smallest absolute Gasteiger partial charge is 0.234 e. The molecule has 2 amide bonds. The molecule has 1 spiro atoms. The quantitative estimate of drug-likeness (QED) is 0.169. The van der Waals surface area contributed by atoms with Crippen LogP contribution in [0.2, 0.25) is 0 Å². The highest BCUT2D eigenvalue weighted by Crippen LogP contribution is 2.44. The number of nitrogens with one attached hydrogen (secondary N) is 2. The fourth-order valence-electron chi connectivity index (χ4n) is 10.0. The molecule has 0 bridgehead atoms. The van der Waals surface area contributed by atoms with Gasteiger partial charge in [-0.25, -0.2) is 9.50 Å². The second-order valence-corrected chi connectivity index (χ2v) is 18.6. The van der Waals surface area contributed by atoms with Crippen LogP contribution in [0.5, 0.6) is 0 Å². The van der Waals surface area contributed by atoms with Crippen molar-refractivity contribution in [2.24, 2.45) is 11.3 Å². The van der Waals surface area contributed by atoms with Gasteiger partial charge in [-0.3, -0.25) is 19.9 Å². The van der Waals surface area contributed by atoms with Crippen LogP contribution in [-0.2, 0) is 14.3 Å². The maximum atomic E-state index is 12.3. The fraction of sp³-hybridized carbons (Fsp3) is 0.511. The molecule has 5 aliphatic heterocycles. The van der Waals surface area contributed by atoms with Crippen LogP contribution in [0, 0.1) is 22.7 Å². The van der Waals surface area contributed by atoms with Gasteiger partial charge in [0.15, 0.2) is 5.01 Å². The van der Waals surface area contributed by atoms with Crippen molar-refractivity contribution >= 4 is 45.3 Å². The van der Waals surface area contributed by atoms with Gasteiger partial charge in [-0.2, -0.15) is 10.4 Å². The number of hydrogen-bond donors (Lipinski definition) is 2. The first-order valence-corrected chi connectivity index (χ1v) is 22.8. The van der Waals surface area contributed by atoms with E-state index in [4.69, 9.17) is 24.9 Å². The van der Waals surface area contributed by atoms with E-state index in [1.165, 1.54) is 45.3 Å². The van der Waals surface area contributed by atoms with Crippen molar-refractivity contribution in [2.45, 2.75) is 76.2 Å². The van der Waals surface area contributed by atoms with Crippen molar-refractivity contribution in [3.63, 3.8) is 0 Å². The van der Waals surface area contributed by atoms with Gasteiger partial charge in [0.05, 0.1) is 40.1 Å². The van der Waals surface area contributed by atoms with Crippen molar-refractivity contribution in [3.05, 3.63) is 66.1 Å². The molecule has 5 aromatic rings. The Kier molecular flexibility index (Phi) is 11.1. The number of anilines is 3. The summed E-state index contributed by atoms with van der Waals surface area (Å²) >= 11 is 1.65. The van der Waals surface area contributed by atoms with Gasteiger partial charge in [-0.05, 0) is 118 Å². The van der Waals surface area contributed by atoms with E-state index in [0.717, 1.165) is 115 Å². The van der Waals surface area contributed by atoms with Crippen LogP contribution in [0.1, 0.15) is 81.3 Å². The van der Waals surface area contributed by atoms with E-state index in [-0.39, 0.29) is 23.8 Å². The number of carbonyl (C=O) groups is 2. The Labute approximate surface area is 359 Å². The molecule has 5 saturated heterocycles. The van der Waals surface area contributed by atoms with Crippen LogP contribution in [0.25, 0.3) is 27.5 Å². The summed E-state index contributed by atoms with van der Waals surface area (Å²) in [7, 11) is 0. The predicted molar refractivity (Wildman–Crippen MR) is 233 cm³/mol. The Morgan fingerprint density at radius 2 is 1.67 bits per heavy atom. The van der Waals surface area contributed by atoms with Crippen molar-refractivity contribution in [3.8, 4) is 28.0 Å². The zero-order valence-electron chi connectivity index (χ0n) is 34.5. The third kappa shape index (κ3) is 8.43. The lowest BCUT2D eigenvalue weighted by Gasteiger charge is -2.47. The number of fused-ring (bicyclic) bond motifs is 1. The van der Waals surface area contributed by atoms with Crippen molar-refractivity contribution < 1.29 is 14.3 Å². The summed E-state index contributed by atoms with van der Waals surface area (Å²) in [6.07, 6.45) is 15.3. The fourth-order valence-corrected chi connectivity index (χ4v) is 11.0.